The maximum Gasteiger partial charge on any atom is 0.251 e. The number of hydrogen-bond acceptors (Lipinski definition) is 6. The lowest BCUT2D eigenvalue weighted by atomic mass is 10.1. The summed E-state index contributed by atoms with van der Waals surface area (Å²) in [6.45, 7) is -0.0186. The molecule has 2 amide bonds. The lowest BCUT2D eigenvalue weighted by Gasteiger charge is -2.07. The molecule has 0 unspecified atom stereocenters. The van der Waals surface area contributed by atoms with E-state index in [2.05, 4.69) is 25.9 Å². The Morgan fingerprint density at radius 1 is 0.935 bits per heavy atom. The Kier molecular flexibility index (Phi) is 5.84. The molecule has 4 aromatic rings. The molecule has 0 fully saturated rings. The van der Waals surface area contributed by atoms with Gasteiger partial charge in [0, 0.05) is 11.1 Å². The van der Waals surface area contributed by atoms with Gasteiger partial charge in [-0.05, 0) is 48.5 Å². The van der Waals surface area contributed by atoms with Crippen molar-refractivity contribution in [3.8, 4) is 17.0 Å². The van der Waals surface area contributed by atoms with E-state index in [0.29, 0.717) is 17.0 Å². The number of benzene rings is 2. The van der Waals surface area contributed by atoms with E-state index in [1.54, 1.807) is 35.9 Å². The van der Waals surface area contributed by atoms with Gasteiger partial charge < -0.3 is 15.4 Å². The van der Waals surface area contributed by atoms with Gasteiger partial charge in [0.05, 0.1) is 25.9 Å². The van der Waals surface area contributed by atoms with Crippen molar-refractivity contribution in [3.63, 3.8) is 0 Å². The third kappa shape index (κ3) is 4.67. The van der Waals surface area contributed by atoms with E-state index in [4.69, 9.17) is 4.74 Å². The number of carbonyl (C=O) groups is 2. The normalized spacial score (nSPS) is 10.6. The first kappa shape index (κ1) is 20.0. The second-order valence-electron chi connectivity index (χ2n) is 6.66. The smallest absolute Gasteiger partial charge is 0.251 e. The highest BCUT2D eigenvalue weighted by molar-refractivity contribution is 5.96. The Balaban J connectivity index is 1.40. The summed E-state index contributed by atoms with van der Waals surface area (Å²) in [5.41, 5.74) is 2.71. The molecule has 0 aliphatic heterocycles. The molecule has 0 aliphatic rings. The summed E-state index contributed by atoms with van der Waals surface area (Å²) in [4.78, 5) is 24.2. The van der Waals surface area contributed by atoms with Gasteiger partial charge in [0.1, 0.15) is 5.75 Å². The van der Waals surface area contributed by atoms with Crippen molar-refractivity contribution in [2.45, 2.75) is 6.54 Å². The van der Waals surface area contributed by atoms with Gasteiger partial charge in [-0.25, -0.2) is 0 Å². The van der Waals surface area contributed by atoms with Gasteiger partial charge in [-0.2, -0.15) is 9.61 Å². The predicted molar refractivity (Wildman–Crippen MR) is 113 cm³/mol. The molecule has 0 aliphatic carbocycles. The summed E-state index contributed by atoms with van der Waals surface area (Å²) in [5, 5.41) is 18.1. The molecule has 0 saturated heterocycles. The number of methoxy groups -OCH3 is 1. The van der Waals surface area contributed by atoms with Crippen LogP contribution in [0.4, 0.5) is 0 Å². The molecule has 0 spiro atoms. The molecule has 2 aromatic heterocycles. The van der Waals surface area contributed by atoms with Gasteiger partial charge in [-0.15, -0.1) is 10.2 Å². The van der Waals surface area contributed by atoms with Crippen molar-refractivity contribution in [3.05, 3.63) is 78.1 Å². The largest absolute Gasteiger partial charge is 0.497 e. The molecule has 31 heavy (non-hydrogen) atoms. The second-order valence-corrected chi connectivity index (χ2v) is 6.66. The molecule has 2 N–H and O–H groups in total. The zero-order chi connectivity index (χ0) is 21.6. The Morgan fingerprint density at radius 2 is 1.71 bits per heavy atom. The molecule has 2 aromatic carbocycles. The first-order chi connectivity index (χ1) is 15.1. The number of amides is 2. The van der Waals surface area contributed by atoms with Crippen molar-refractivity contribution >= 4 is 17.5 Å². The predicted octanol–water partition coefficient (Wildman–Crippen LogP) is 1.85. The molecular weight excluding hydrogens is 396 g/mol. The zero-order valence-corrected chi connectivity index (χ0v) is 16.8. The fourth-order valence-corrected chi connectivity index (χ4v) is 2.95. The van der Waals surface area contributed by atoms with Gasteiger partial charge in [0.2, 0.25) is 5.91 Å². The average molecular weight is 416 g/mol. The maximum atomic E-state index is 12.1. The van der Waals surface area contributed by atoms with Crippen LogP contribution < -0.4 is 15.4 Å². The molecule has 2 heterocycles. The minimum absolute atomic E-state index is 0.125. The molecule has 4 rings (SSSR count). The topological polar surface area (TPSA) is 111 Å². The first-order valence-electron chi connectivity index (χ1n) is 9.60. The quantitative estimate of drug-likeness (QED) is 0.476. The van der Waals surface area contributed by atoms with E-state index < -0.39 is 0 Å². The number of nitrogens with zero attached hydrogens (tertiary/aromatic N) is 4. The monoisotopic (exact) mass is 416 g/mol. The molecular formula is C22H20N6O3. The van der Waals surface area contributed by atoms with Crippen LogP contribution in [-0.4, -0.2) is 45.3 Å². The highest BCUT2D eigenvalue weighted by Gasteiger charge is 2.12. The van der Waals surface area contributed by atoms with Crippen LogP contribution in [0, 0.1) is 0 Å². The summed E-state index contributed by atoms with van der Waals surface area (Å²) in [6, 6.07) is 19.9. The van der Waals surface area contributed by atoms with Gasteiger partial charge in [-0.3, -0.25) is 9.59 Å². The highest BCUT2D eigenvalue weighted by Crippen LogP contribution is 2.20. The van der Waals surface area contributed by atoms with Gasteiger partial charge >= 0.3 is 0 Å². The highest BCUT2D eigenvalue weighted by atomic mass is 16.5. The molecule has 0 radical (unpaired) electrons. The molecule has 0 bridgehead atoms. The summed E-state index contributed by atoms with van der Waals surface area (Å²) < 4.78 is 6.77. The van der Waals surface area contributed by atoms with E-state index in [9.17, 15) is 9.59 Å². The molecule has 9 nitrogen and oxygen atoms in total. The second kappa shape index (κ2) is 9.04. The van der Waals surface area contributed by atoms with E-state index >= 15 is 0 Å². The molecule has 0 atom stereocenters. The lowest BCUT2D eigenvalue weighted by Crippen LogP contribution is -2.36. The number of aromatic nitrogens is 4. The summed E-state index contributed by atoms with van der Waals surface area (Å²) >= 11 is 0. The van der Waals surface area contributed by atoms with Crippen LogP contribution in [0.2, 0.25) is 0 Å². The van der Waals surface area contributed by atoms with Crippen molar-refractivity contribution in [1.82, 2.24) is 30.4 Å². The first-order valence-corrected chi connectivity index (χ1v) is 9.60. The summed E-state index contributed by atoms with van der Waals surface area (Å²) in [6.07, 6.45) is 0. The number of hydrogen-bond donors (Lipinski definition) is 2. The van der Waals surface area contributed by atoms with Crippen LogP contribution in [0.3, 0.4) is 0 Å². The van der Waals surface area contributed by atoms with Crippen molar-refractivity contribution in [2.75, 3.05) is 13.7 Å². The van der Waals surface area contributed by atoms with E-state index in [0.717, 1.165) is 17.0 Å². The van der Waals surface area contributed by atoms with E-state index in [1.165, 1.54) is 0 Å². The fraction of sp³-hybridized carbons (Fsp3) is 0.136. The maximum absolute atomic E-state index is 12.1. The molecule has 156 valence electrons. The van der Waals surface area contributed by atoms with Gasteiger partial charge in [0.25, 0.3) is 5.91 Å². The molecule has 0 saturated carbocycles. The number of ether oxygens (including phenoxy) is 1. The Morgan fingerprint density at radius 3 is 2.45 bits per heavy atom. The Hall–Kier alpha value is -4.27. The third-order valence-electron chi connectivity index (χ3n) is 4.60. The number of fused-ring (bicyclic) bond motifs is 1. The Labute approximate surface area is 178 Å². The number of carbonyl (C=O) groups excluding carboxylic acids is 2. The van der Waals surface area contributed by atoms with Crippen LogP contribution in [0.25, 0.3) is 16.9 Å². The van der Waals surface area contributed by atoms with Crippen molar-refractivity contribution < 1.29 is 14.3 Å². The fourth-order valence-electron chi connectivity index (χ4n) is 2.95. The number of nitrogens with one attached hydrogen (secondary N) is 2. The zero-order valence-electron chi connectivity index (χ0n) is 16.8. The van der Waals surface area contributed by atoms with Crippen LogP contribution in [-0.2, 0) is 11.3 Å². The van der Waals surface area contributed by atoms with Crippen LogP contribution in [0.15, 0.2) is 66.7 Å². The summed E-state index contributed by atoms with van der Waals surface area (Å²) in [5.74, 6) is 0.590. The van der Waals surface area contributed by atoms with Crippen LogP contribution >= 0.6 is 0 Å². The SMILES string of the molecule is COc1ccc(-c2ccc3nnc(CNC(=O)CNC(=O)c4ccccc4)n3n2)cc1. The summed E-state index contributed by atoms with van der Waals surface area (Å²) in [7, 11) is 1.62. The minimum atomic E-state index is -0.340. The number of rotatable bonds is 7. The third-order valence-corrected chi connectivity index (χ3v) is 4.60. The minimum Gasteiger partial charge on any atom is -0.497 e. The van der Waals surface area contributed by atoms with Crippen LogP contribution in [0.1, 0.15) is 16.2 Å². The Bertz CT molecular complexity index is 1210. The molecule has 9 heteroatoms. The van der Waals surface area contributed by atoms with Crippen molar-refractivity contribution in [2.24, 2.45) is 0 Å². The lowest BCUT2D eigenvalue weighted by molar-refractivity contribution is -0.120. The van der Waals surface area contributed by atoms with E-state index in [-0.39, 0.29) is 24.9 Å². The van der Waals surface area contributed by atoms with Crippen LogP contribution in [0.5, 0.6) is 5.75 Å². The average Bonchev–Trinajstić information content (AvgIpc) is 3.24. The van der Waals surface area contributed by atoms with Crippen molar-refractivity contribution in [1.29, 1.82) is 0 Å². The van der Waals surface area contributed by atoms with E-state index in [1.807, 2.05) is 42.5 Å². The standard InChI is InChI=1S/C22H20N6O3/c1-31-17-9-7-15(8-10-17)18-11-12-19-25-26-20(28(19)27-18)13-23-21(29)14-24-22(30)16-5-3-2-4-6-16/h2-12H,13-14H2,1H3,(H,23,29)(H,24,30). The van der Waals surface area contributed by atoms with Gasteiger partial charge in [0.15, 0.2) is 11.5 Å². The van der Waals surface area contributed by atoms with Gasteiger partial charge in [-0.1, -0.05) is 18.2 Å².